The van der Waals surface area contributed by atoms with Gasteiger partial charge in [0.25, 0.3) is 0 Å². The lowest BCUT2D eigenvalue weighted by atomic mass is 9.90. The second kappa shape index (κ2) is 9.41. The highest BCUT2D eigenvalue weighted by Crippen LogP contribution is 2.28. The van der Waals surface area contributed by atoms with Gasteiger partial charge in [-0.15, -0.1) is 0 Å². The summed E-state index contributed by atoms with van der Waals surface area (Å²) in [5.74, 6) is 0.659. The highest BCUT2D eigenvalue weighted by molar-refractivity contribution is 5.89. The van der Waals surface area contributed by atoms with Crippen molar-refractivity contribution in [2.45, 2.75) is 65.0 Å². The molecule has 0 radical (unpaired) electrons. The Bertz CT molecular complexity index is 823. The highest BCUT2D eigenvalue weighted by atomic mass is 16.2. The quantitative estimate of drug-likeness (QED) is 0.745. The first-order valence-corrected chi connectivity index (χ1v) is 11.9. The summed E-state index contributed by atoms with van der Waals surface area (Å²) >= 11 is 0. The van der Waals surface area contributed by atoms with Crippen LogP contribution in [0.4, 0.5) is 0 Å². The van der Waals surface area contributed by atoms with Crippen molar-refractivity contribution in [1.82, 2.24) is 14.7 Å². The second-order valence-electron chi connectivity index (χ2n) is 9.74. The Kier molecular flexibility index (Phi) is 6.63. The van der Waals surface area contributed by atoms with E-state index >= 15 is 0 Å². The van der Waals surface area contributed by atoms with Crippen LogP contribution in [0.15, 0.2) is 24.3 Å². The van der Waals surface area contributed by atoms with Gasteiger partial charge < -0.3 is 14.7 Å². The maximum absolute atomic E-state index is 13.5. The predicted molar refractivity (Wildman–Crippen MR) is 119 cm³/mol. The minimum atomic E-state index is -0.438. The van der Waals surface area contributed by atoms with Crippen molar-refractivity contribution in [2.75, 3.05) is 26.2 Å². The molecule has 0 aliphatic carbocycles. The number of carbonyl (C=O) groups is 3. The summed E-state index contributed by atoms with van der Waals surface area (Å²) < 4.78 is 0. The van der Waals surface area contributed by atoms with Gasteiger partial charge in [-0.2, -0.15) is 0 Å². The molecule has 1 aromatic carbocycles. The largest absolute Gasteiger partial charge is 0.342 e. The van der Waals surface area contributed by atoms with Crippen LogP contribution >= 0.6 is 0 Å². The summed E-state index contributed by atoms with van der Waals surface area (Å²) in [6.07, 6.45) is 4.69. The molecule has 0 N–H and O–H groups in total. The molecule has 2 fully saturated rings. The summed E-state index contributed by atoms with van der Waals surface area (Å²) in [6, 6.07) is 7.68. The molecule has 6 nitrogen and oxygen atoms in total. The molecule has 3 aliphatic rings. The van der Waals surface area contributed by atoms with Gasteiger partial charge >= 0.3 is 0 Å². The van der Waals surface area contributed by atoms with Crippen LogP contribution in [0.3, 0.4) is 0 Å². The zero-order valence-corrected chi connectivity index (χ0v) is 18.9. The van der Waals surface area contributed by atoms with E-state index in [2.05, 4.69) is 12.1 Å². The first-order chi connectivity index (χ1) is 14.9. The predicted octanol–water partition coefficient (Wildman–Crippen LogP) is 2.85. The van der Waals surface area contributed by atoms with Crippen LogP contribution in [0.25, 0.3) is 0 Å². The van der Waals surface area contributed by atoms with E-state index < -0.39 is 6.04 Å². The Labute approximate surface area is 185 Å². The topological polar surface area (TPSA) is 60.9 Å². The molecule has 6 heteroatoms. The Morgan fingerprint density at radius 1 is 0.903 bits per heavy atom. The van der Waals surface area contributed by atoms with E-state index in [0.29, 0.717) is 32.5 Å². The third kappa shape index (κ3) is 4.78. The molecule has 0 spiro atoms. The monoisotopic (exact) mass is 425 g/mol. The van der Waals surface area contributed by atoms with Gasteiger partial charge in [0.1, 0.15) is 6.04 Å². The molecular formula is C25H35N3O3. The van der Waals surface area contributed by atoms with Crippen LogP contribution in [0.5, 0.6) is 0 Å². The van der Waals surface area contributed by atoms with Crippen LogP contribution in [0.1, 0.15) is 57.1 Å². The number of fused-ring (bicyclic) bond motifs is 1. The zero-order chi connectivity index (χ0) is 22.0. The molecule has 3 heterocycles. The fraction of sp³-hybridized carbons (Fsp3) is 0.640. The van der Waals surface area contributed by atoms with Crippen molar-refractivity contribution in [3.05, 3.63) is 35.4 Å². The number of amides is 3. The van der Waals surface area contributed by atoms with Crippen molar-refractivity contribution in [2.24, 2.45) is 11.8 Å². The number of hydrogen-bond acceptors (Lipinski definition) is 3. The lowest BCUT2D eigenvalue weighted by Crippen LogP contribution is -2.55. The SMILES string of the molecule is CC(C)CC(=O)N1Cc2ccccc2CC1C(=O)N1CCC(C(=O)N2CCCC2)CC1. The third-order valence-electron chi connectivity index (χ3n) is 7.01. The maximum Gasteiger partial charge on any atom is 0.245 e. The van der Waals surface area contributed by atoms with Crippen LogP contribution in [-0.4, -0.2) is 64.6 Å². The molecule has 0 aromatic heterocycles. The fourth-order valence-corrected chi connectivity index (χ4v) is 5.23. The van der Waals surface area contributed by atoms with Crippen LogP contribution < -0.4 is 0 Å². The van der Waals surface area contributed by atoms with E-state index in [4.69, 9.17) is 0 Å². The Hall–Kier alpha value is -2.37. The summed E-state index contributed by atoms with van der Waals surface area (Å²) in [4.78, 5) is 45.0. The van der Waals surface area contributed by atoms with E-state index in [-0.39, 0.29) is 29.6 Å². The molecule has 3 amide bonds. The first kappa shape index (κ1) is 21.8. The summed E-state index contributed by atoms with van der Waals surface area (Å²) in [7, 11) is 0. The highest BCUT2D eigenvalue weighted by Gasteiger charge is 2.39. The van der Waals surface area contributed by atoms with Crippen molar-refractivity contribution in [3.8, 4) is 0 Å². The Morgan fingerprint density at radius 3 is 2.16 bits per heavy atom. The zero-order valence-electron chi connectivity index (χ0n) is 18.9. The number of benzene rings is 1. The summed E-state index contributed by atoms with van der Waals surface area (Å²) in [5, 5.41) is 0. The summed E-state index contributed by atoms with van der Waals surface area (Å²) in [5.41, 5.74) is 2.30. The molecule has 0 bridgehead atoms. The number of rotatable bonds is 4. The van der Waals surface area contributed by atoms with Crippen molar-refractivity contribution >= 4 is 17.7 Å². The van der Waals surface area contributed by atoms with E-state index in [1.165, 1.54) is 0 Å². The molecular weight excluding hydrogens is 390 g/mol. The van der Waals surface area contributed by atoms with Gasteiger partial charge in [-0.25, -0.2) is 0 Å². The Morgan fingerprint density at radius 2 is 1.52 bits per heavy atom. The molecule has 1 aromatic rings. The first-order valence-electron chi connectivity index (χ1n) is 11.9. The molecule has 31 heavy (non-hydrogen) atoms. The van der Waals surface area contributed by atoms with E-state index in [0.717, 1.165) is 49.9 Å². The molecule has 168 valence electrons. The minimum Gasteiger partial charge on any atom is -0.342 e. The van der Waals surface area contributed by atoms with E-state index in [9.17, 15) is 14.4 Å². The van der Waals surface area contributed by atoms with Gasteiger partial charge in [-0.05, 0) is 42.7 Å². The molecule has 0 saturated carbocycles. The smallest absolute Gasteiger partial charge is 0.245 e. The molecule has 2 saturated heterocycles. The van der Waals surface area contributed by atoms with Gasteiger partial charge in [-0.1, -0.05) is 38.1 Å². The lowest BCUT2D eigenvalue weighted by molar-refractivity contribution is -0.149. The van der Waals surface area contributed by atoms with Crippen molar-refractivity contribution < 1.29 is 14.4 Å². The average molecular weight is 426 g/mol. The number of likely N-dealkylation sites (tertiary alicyclic amines) is 2. The Balaban J connectivity index is 1.44. The van der Waals surface area contributed by atoms with Gasteiger partial charge in [0.2, 0.25) is 17.7 Å². The van der Waals surface area contributed by atoms with E-state index in [1.807, 2.05) is 35.8 Å². The second-order valence-corrected chi connectivity index (χ2v) is 9.74. The number of piperidine rings is 1. The average Bonchev–Trinajstić information content (AvgIpc) is 3.32. The molecule has 4 rings (SSSR count). The normalized spacial score (nSPS) is 22.0. The maximum atomic E-state index is 13.5. The molecule has 1 unspecified atom stereocenters. The number of nitrogens with zero attached hydrogens (tertiary/aromatic N) is 3. The van der Waals surface area contributed by atoms with Gasteiger partial charge in [0.15, 0.2) is 0 Å². The van der Waals surface area contributed by atoms with Crippen molar-refractivity contribution in [3.63, 3.8) is 0 Å². The number of carbonyl (C=O) groups excluding carboxylic acids is 3. The van der Waals surface area contributed by atoms with Crippen LogP contribution in [-0.2, 0) is 27.3 Å². The lowest BCUT2D eigenvalue weighted by Gasteiger charge is -2.41. The molecule has 3 aliphatic heterocycles. The fourth-order valence-electron chi connectivity index (χ4n) is 5.23. The van der Waals surface area contributed by atoms with Crippen LogP contribution in [0.2, 0.25) is 0 Å². The summed E-state index contributed by atoms with van der Waals surface area (Å²) in [6.45, 7) is 7.55. The third-order valence-corrected chi connectivity index (χ3v) is 7.01. The molecule has 1 atom stereocenters. The number of hydrogen-bond donors (Lipinski definition) is 0. The van der Waals surface area contributed by atoms with Gasteiger partial charge in [-0.3, -0.25) is 14.4 Å². The van der Waals surface area contributed by atoms with Crippen molar-refractivity contribution in [1.29, 1.82) is 0 Å². The van der Waals surface area contributed by atoms with Crippen LogP contribution in [0, 0.1) is 11.8 Å². The van der Waals surface area contributed by atoms with E-state index in [1.54, 1.807) is 4.90 Å². The minimum absolute atomic E-state index is 0.0351. The van der Waals surface area contributed by atoms with Gasteiger partial charge in [0, 0.05) is 51.5 Å². The van der Waals surface area contributed by atoms with Gasteiger partial charge in [0.05, 0.1) is 0 Å². The standard InChI is InChI=1S/C25H35N3O3/c1-18(2)15-23(29)28-17-21-8-4-3-7-20(21)16-22(28)25(31)27-13-9-19(10-14-27)24(30)26-11-5-6-12-26/h3-4,7-8,18-19,22H,5-6,9-17H2,1-2H3.